The molecule has 1 aromatic carbocycles. The van der Waals surface area contributed by atoms with Gasteiger partial charge < -0.3 is 10.6 Å². The van der Waals surface area contributed by atoms with Crippen molar-refractivity contribution in [2.45, 2.75) is 32.2 Å². The number of aryl methyl sites for hydroxylation is 1. The van der Waals surface area contributed by atoms with Crippen molar-refractivity contribution in [2.24, 2.45) is 5.73 Å². The third-order valence-electron chi connectivity index (χ3n) is 3.15. The second kappa shape index (κ2) is 4.66. The summed E-state index contributed by atoms with van der Waals surface area (Å²) in [5.74, 6) is 0.141. The molecule has 16 heavy (non-hydrogen) atoms. The molecule has 1 heterocycles. The molecule has 0 fully saturated rings. The summed E-state index contributed by atoms with van der Waals surface area (Å²) in [4.78, 5) is 13.9. The Balaban J connectivity index is 2.33. The van der Waals surface area contributed by atoms with Crippen molar-refractivity contribution in [3.8, 4) is 0 Å². The molecule has 1 atom stereocenters. The molecule has 1 aliphatic heterocycles. The lowest BCUT2D eigenvalue weighted by atomic mass is 9.96. The Bertz CT molecular complexity index is 389. The van der Waals surface area contributed by atoms with Crippen LogP contribution in [0.25, 0.3) is 0 Å². The Morgan fingerprint density at radius 1 is 1.50 bits per heavy atom. The average molecular weight is 218 g/mol. The van der Waals surface area contributed by atoms with Crippen LogP contribution < -0.4 is 10.6 Å². The van der Waals surface area contributed by atoms with Gasteiger partial charge in [0.1, 0.15) is 0 Å². The van der Waals surface area contributed by atoms with Crippen LogP contribution >= 0.6 is 0 Å². The molecule has 0 saturated carbocycles. The molecule has 1 aromatic rings. The zero-order valence-corrected chi connectivity index (χ0v) is 9.65. The molecule has 0 aromatic heterocycles. The smallest absolute Gasteiger partial charge is 0.228 e. The van der Waals surface area contributed by atoms with Crippen molar-refractivity contribution in [1.82, 2.24) is 0 Å². The van der Waals surface area contributed by atoms with Crippen molar-refractivity contribution >= 4 is 11.6 Å². The summed E-state index contributed by atoms with van der Waals surface area (Å²) in [6.07, 6.45) is 2.52. The number of nitrogens with two attached hydrogens (primary N) is 1. The summed E-state index contributed by atoms with van der Waals surface area (Å²) in [7, 11) is 0. The summed E-state index contributed by atoms with van der Waals surface area (Å²) in [5.41, 5.74) is 7.79. The fourth-order valence-corrected chi connectivity index (χ4v) is 2.31. The van der Waals surface area contributed by atoms with E-state index in [2.05, 4.69) is 13.0 Å². The van der Waals surface area contributed by atoms with Gasteiger partial charge in [-0.2, -0.15) is 0 Å². The van der Waals surface area contributed by atoms with E-state index < -0.39 is 0 Å². The van der Waals surface area contributed by atoms with Gasteiger partial charge in [0.05, 0.1) is 0 Å². The average Bonchev–Trinajstić information content (AvgIpc) is 2.29. The predicted molar refractivity (Wildman–Crippen MR) is 65.4 cm³/mol. The van der Waals surface area contributed by atoms with Gasteiger partial charge in [0.25, 0.3) is 0 Å². The van der Waals surface area contributed by atoms with Gasteiger partial charge in [-0.15, -0.1) is 0 Å². The van der Waals surface area contributed by atoms with Crippen LogP contribution in [0.3, 0.4) is 0 Å². The van der Waals surface area contributed by atoms with Gasteiger partial charge in [0.2, 0.25) is 5.91 Å². The highest BCUT2D eigenvalue weighted by Gasteiger charge is 2.26. The van der Waals surface area contributed by atoms with E-state index in [9.17, 15) is 4.79 Å². The van der Waals surface area contributed by atoms with E-state index in [1.807, 2.05) is 23.1 Å². The Kier molecular flexibility index (Phi) is 3.25. The highest BCUT2D eigenvalue weighted by atomic mass is 16.2. The molecule has 0 spiro atoms. The standard InChI is InChI=1S/C13H18N2O/c1-10-6-7-11-4-2-3-5-12(11)15(10)13(16)8-9-14/h2-5,10H,6-9,14H2,1H3/t10-/m0/s1. The highest BCUT2D eigenvalue weighted by molar-refractivity contribution is 5.95. The molecule has 2 N–H and O–H groups in total. The number of para-hydroxylation sites is 1. The Morgan fingerprint density at radius 2 is 2.25 bits per heavy atom. The molecule has 0 aliphatic carbocycles. The van der Waals surface area contributed by atoms with Crippen molar-refractivity contribution in [2.75, 3.05) is 11.4 Å². The Hall–Kier alpha value is -1.35. The quantitative estimate of drug-likeness (QED) is 0.821. The second-order valence-corrected chi connectivity index (χ2v) is 4.32. The van der Waals surface area contributed by atoms with E-state index in [1.165, 1.54) is 5.56 Å². The van der Waals surface area contributed by atoms with E-state index in [0.717, 1.165) is 18.5 Å². The van der Waals surface area contributed by atoms with Crippen LogP contribution in [-0.2, 0) is 11.2 Å². The minimum Gasteiger partial charge on any atom is -0.330 e. The summed E-state index contributed by atoms with van der Waals surface area (Å²) in [5, 5.41) is 0. The summed E-state index contributed by atoms with van der Waals surface area (Å²) < 4.78 is 0. The van der Waals surface area contributed by atoms with E-state index >= 15 is 0 Å². The van der Waals surface area contributed by atoms with Crippen LogP contribution in [-0.4, -0.2) is 18.5 Å². The maximum Gasteiger partial charge on any atom is 0.228 e. The lowest BCUT2D eigenvalue weighted by molar-refractivity contribution is -0.118. The van der Waals surface area contributed by atoms with Crippen LogP contribution in [0.2, 0.25) is 0 Å². The molecule has 0 unspecified atom stereocenters. The van der Waals surface area contributed by atoms with Crippen molar-refractivity contribution in [3.63, 3.8) is 0 Å². The number of rotatable bonds is 2. The predicted octanol–water partition coefficient (Wildman–Crippen LogP) is 1.70. The molecular formula is C13H18N2O. The first-order valence-electron chi connectivity index (χ1n) is 5.84. The minimum absolute atomic E-state index is 0.141. The molecule has 1 aliphatic rings. The number of nitrogens with zero attached hydrogens (tertiary/aromatic N) is 1. The third kappa shape index (κ3) is 1.95. The maximum absolute atomic E-state index is 12.0. The number of amides is 1. The van der Waals surface area contributed by atoms with Gasteiger partial charge in [-0.1, -0.05) is 18.2 Å². The molecule has 3 nitrogen and oxygen atoms in total. The van der Waals surface area contributed by atoms with E-state index in [0.29, 0.717) is 13.0 Å². The number of hydrogen-bond donors (Lipinski definition) is 1. The second-order valence-electron chi connectivity index (χ2n) is 4.32. The molecule has 86 valence electrons. The zero-order valence-electron chi connectivity index (χ0n) is 9.65. The highest BCUT2D eigenvalue weighted by Crippen LogP contribution is 2.30. The van der Waals surface area contributed by atoms with Gasteiger partial charge in [-0.05, 0) is 31.4 Å². The first-order valence-corrected chi connectivity index (χ1v) is 5.84. The number of carbonyl (C=O) groups is 1. The van der Waals surface area contributed by atoms with E-state index in [4.69, 9.17) is 5.73 Å². The molecule has 3 heteroatoms. The third-order valence-corrected chi connectivity index (χ3v) is 3.15. The summed E-state index contributed by atoms with van der Waals surface area (Å²) >= 11 is 0. The van der Waals surface area contributed by atoms with Crippen LogP contribution in [0.15, 0.2) is 24.3 Å². The monoisotopic (exact) mass is 218 g/mol. The normalized spacial score (nSPS) is 19.4. The van der Waals surface area contributed by atoms with Crippen LogP contribution in [0, 0.1) is 0 Å². The lowest BCUT2D eigenvalue weighted by Crippen LogP contribution is -2.42. The lowest BCUT2D eigenvalue weighted by Gasteiger charge is -2.35. The Morgan fingerprint density at radius 3 is 3.00 bits per heavy atom. The van der Waals surface area contributed by atoms with Gasteiger partial charge in [0, 0.05) is 24.7 Å². The summed E-state index contributed by atoms with van der Waals surface area (Å²) in [6, 6.07) is 8.43. The number of carbonyl (C=O) groups excluding carboxylic acids is 1. The SMILES string of the molecule is C[C@H]1CCc2ccccc2N1C(=O)CCN. The van der Waals surface area contributed by atoms with E-state index in [1.54, 1.807) is 0 Å². The topological polar surface area (TPSA) is 46.3 Å². The van der Waals surface area contributed by atoms with Gasteiger partial charge in [0.15, 0.2) is 0 Å². The number of hydrogen-bond acceptors (Lipinski definition) is 2. The largest absolute Gasteiger partial charge is 0.330 e. The molecule has 2 rings (SSSR count). The molecule has 0 radical (unpaired) electrons. The van der Waals surface area contributed by atoms with Gasteiger partial charge >= 0.3 is 0 Å². The van der Waals surface area contributed by atoms with Gasteiger partial charge in [-0.25, -0.2) is 0 Å². The van der Waals surface area contributed by atoms with Crippen molar-refractivity contribution in [1.29, 1.82) is 0 Å². The first kappa shape index (κ1) is 11.1. The van der Waals surface area contributed by atoms with Crippen molar-refractivity contribution < 1.29 is 4.79 Å². The fraction of sp³-hybridized carbons (Fsp3) is 0.462. The van der Waals surface area contributed by atoms with Gasteiger partial charge in [-0.3, -0.25) is 4.79 Å². The number of fused-ring (bicyclic) bond motifs is 1. The van der Waals surface area contributed by atoms with Crippen LogP contribution in [0.1, 0.15) is 25.3 Å². The van der Waals surface area contributed by atoms with Crippen LogP contribution in [0.5, 0.6) is 0 Å². The van der Waals surface area contributed by atoms with Crippen molar-refractivity contribution in [3.05, 3.63) is 29.8 Å². The zero-order chi connectivity index (χ0) is 11.5. The minimum atomic E-state index is 0.141. The molecular weight excluding hydrogens is 200 g/mol. The summed E-state index contributed by atoms with van der Waals surface area (Å²) in [6.45, 7) is 2.52. The maximum atomic E-state index is 12.0. The van der Waals surface area contributed by atoms with E-state index in [-0.39, 0.29) is 11.9 Å². The van der Waals surface area contributed by atoms with Crippen LogP contribution in [0.4, 0.5) is 5.69 Å². The molecule has 0 saturated heterocycles. The fourth-order valence-electron chi connectivity index (χ4n) is 2.31. The number of benzene rings is 1. The Labute approximate surface area is 96.2 Å². The molecule has 1 amide bonds. The number of anilines is 1. The molecule has 0 bridgehead atoms. The first-order chi connectivity index (χ1) is 7.74.